The molecule has 0 aliphatic carbocycles. The third kappa shape index (κ3) is 5.87. The maximum absolute atomic E-state index is 12.7. The number of rotatable bonds is 3. The van der Waals surface area contributed by atoms with Crippen molar-refractivity contribution in [2.24, 2.45) is 5.73 Å². The second-order valence-corrected chi connectivity index (χ2v) is 4.50. The monoisotopic (exact) mass is 296 g/mol. The molecule has 0 radical (unpaired) electrons. The van der Waals surface area contributed by atoms with Gasteiger partial charge in [0.25, 0.3) is 0 Å². The van der Waals surface area contributed by atoms with Gasteiger partial charge in [-0.05, 0) is 43.7 Å². The molecule has 0 aromatic heterocycles. The van der Waals surface area contributed by atoms with Crippen LogP contribution in [0.4, 0.5) is 18.9 Å². The molecule has 3 N–H and O–H groups in total. The van der Waals surface area contributed by atoms with Crippen LogP contribution in [0.15, 0.2) is 42.5 Å². The number of hydrogen-bond acceptors (Lipinski definition) is 2. The summed E-state index contributed by atoms with van der Waals surface area (Å²) in [6.45, 7) is 4.31. The molecule has 0 heterocycles. The standard InChI is InChI=1S/C8H9F2N.C8H10FN/c1-2-11-8-4-3-6(9)5-7(8)10;1-6(10)7-3-2-4-8(9)5-7/h3-5,11H,2H2,1H3;2-6H,10H2,1H3. The van der Waals surface area contributed by atoms with Crippen molar-refractivity contribution < 1.29 is 13.2 Å². The summed E-state index contributed by atoms with van der Waals surface area (Å²) in [5, 5.41) is 2.76. The van der Waals surface area contributed by atoms with Gasteiger partial charge in [-0.3, -0.25) is 0 Å². The molecule has 2 aromatic carbocycles. The van der Waals surface area contributed by atoms with Gasteiger partial charge in [0.15, 0.2) is 0 Å². The number of benzene rings is 2. The Hall–Kier alpha value is -2.01. The summed E-state index contributed by atoms with van der Waals surface area (Å²) in [7, 11) is 0. The lowest BCUT2D eigenvalue weighted by Crippen LogP contribution is -2.04. The Labute approximate surface area is 122 Å². The normalized spacial score (nSPS) is 11.3. The summed E-state index contributed by atoms with van der Waals surface area (Å²) in [6.07, 6.45) is 0. The van der Waals surface area contributed by atoms with Gasteiger partial charge in [-0.25, -0.2) is 13.2 Å². The van der Waals surface area contributed by atoms with Crippen LogP contribution in [0, 0.1) is 17.5 Å². The third-order valence-electron chi connectivity index (χ3n) is 2.67. The lowest BCUT2D eigenvalue weighted by Gasteiger charge is -2.03. The van der Waals surface area contributed by atoms with Crippen molar-refractivity contribution in [2.75, 3.05) is 11.9 Å². The predicted octanol–water partition coefficient (Wildman–Crippen LogP) is 4.24. The minimum absolute atomic E-state index is 0.0873. The van der Waals surface area contributed by atoms with Crippen molar-refractivity contribution in [1.29, 1.82) is 0 Å². The molecule has 0 fully saturated rings. The molecule has 0 saturated carbocycles. The van der Waals surface area contributed by atoms with E-state index < -0.39 is 11.6 Å². The summed E-state index contributed by atoms with van der Waals surface area (Å²) in [5.41, 5.74) is 6.69. The zero-order valence-corrected chi connectivity index (χ0v) is 12.0. The van der Waals surface area contributed by atoms with E-state index in [1.165, 1.54) is 24.3 Å². The molecule has 0 bridgehead atoms. The first kappa shape index (κ1) is 17.0. The predicted molar refractivity (Wildman–Crippen MR) is 79.5 cm³/mol. The number of halogens is 3. The Morgan fingerprint density at radius 3 is 2.19 bits per heavy atom. The van der Waals surface area contributed by atoms with Crippen LogP contribution in [0.5, 0.6) is 0 Å². The van der Waals surface area contributed by atoms with E-state index in [4.69, 9.17) is 5.73 Å². The van der Waals surface area contributed by atoms with Gasteiger partial charge >= 0.3 is 0 Å². The van der Waals surface area contributed by atoms with Gasteiger partial charge in [0.2, 0.25) is 0 Å². The van der Waals surface area contributed by atoms with E-state index in [1.807, 2.05) is 19.9 Å². The molecule has 0 spiro atoms. The molecule has 2 nitrogen and oxygen atoms in total. The molecular weight excluding hydrogens is 277 g/mol. The van der Waals surface area contributed by atoms with Gasteiger partial charge in [-0.15, -0.1) is 0 Å². The molecule has 2 rings (SSSR count). The lowest BCUT2D eigenvalue weighted by molar-refractivity contribution is 0.585. The number of hydrogen-bond donors (Lipinski definition) is 2. The Morgan fingerprint density at radius 1 is 1.05 bits per heavy atom. The fourth-order valence-corrected chi connectivity index (χ4v) is 1.61. The maximum Gasteiger partial charge on any atom is 0.149 e. The van der Waals surface area contributed by atoms with Crippen molar-refractivity contribution in [3.05, 3.63) is 65.5 Å². The average molecular weight is 296 g/mol. The van der Waals surface area contributed by atoms with E-state index in [-0.39, 0.29) is 11.9 Å². The summed E-state index contributed by atoms with van der Waals surface area (Å²) >= 11 is 0. The first-order valence-corrected chi connectivity index (χ1v) is 6.64. The smallest absolute Gasteiger partial charge is 0.149 e. The highest BCUT2D eigenvalue weighted by Gasteiger charge is 2.00. The maximum atomic E-state index is 12.7. The fraction of sp³-hybridized carbons (Fsp3) is 0.250. The summed E-state index contributed by atoms with van der Waals surface area (Å²) in [5.74, 6) is -1.33. The van der Waals surface area contributed by atoms with E-state index >= 15 is 0 Å². The van der Waals surface area contributed by atoms with Crippen LogP contribution in [0.2, 0.25) is 0 Å². The molecule has 5 heteroatoms. The minimum Gasteiger partial charge on any atom is -0.383 e. The number of nitrogens with one attached hydrogen (secondary N) is 1. The van der Waals surface area contributed by atoms with E-state index in [0.717, 1.165) is 11.6 Å². The van der Waals surface area contributed by atoms with Crippen LogP contribution in [-0.2, 0) is 0 Å². The van der Waals surface area contributed by atoms with Crippen molar-refractivity contribution in [3.8, 4) is 0 Å². The van der Waals surface area contributed by atoms with E-state index in [2.05, 4.69) is 5.32 Å². The topological polar surface area (TPSA) is 38.0 Å². The first-order valence-electron chi connectivity index (χ1n) is 6.64. The number of anilines is 1. The Morgan fingerprint density at radius 2 is 1.71 bits per heavy atom. The van der Waals surface area contributed by atoms with Gasteiger partial charge in [0.1, 0.15) is 17.5 Å². The molecule has 0 saturated heterocycles. The molecule has 0 aliphatic rings. The van der Waals surface area contributed by atoms with Gasteiger partial charge in [0.05, 0.1) is 5.69 Å². The van der Waals surface area contributed by atoms with Crippen LogP contribution >= 0.6 is 0 Å². The van der Waals surface area contributed by atoms with Crippen LogP contribution in [0.1, 0.15) is 25.5 Å². The van der Waals surface area contributed by atoms with Crippen LogP contribution in [0.3, 0.4) is 0 Å². The van der Waals surface area contributed by atoms with Gasteiger partial charge < -0.3 is 11.1 Å². The quantitative estimate of drug-likeness (QED) is 0.889. The second kappa shape index (κ2) is 8.32. The zero-order chi connectivity index (χ0) is 15.8. The van der Waals surface area contributed by atoms with E-state index in [1.54, 1.807) is 6.07 Å². The van der Waals surface area contributed by atoms with Crippen molar-refractivity contribution in [1.82, 2.24) is 0 Å². The largest absolute Gasteiger partial charge is 0.383 e. The van der Waals surface area contributed by atoms with E-state index in [0.29, 0.717) is 12.2 Å². The number of nitrogens with two attached hydrogens (primary N) is 1. The second-order valence-electron chi connectivity index (χ2n) is 4.50. The van der Waals surface area contributed by atoms with Crippen molar-refractivity contribution >= 4 is 5.69 Å². The molecule has 1 unspecified atom stereocenters. The zero-order valence-electron chi connectivity index (χ0n) is 12.0. The van der Waals surface area contributed by atoms with Crippen LogP contribution < -0.4 is 11.1 Å². The molecule has 114 valence electrons. The Balaban J connectivity index is 0.000000211. The van der Waals surface area contributed by atoms with Gasteiger partial charge in [-0.2, -0.15) is 0 Å². The molecular formula is C16H19F3N2. The lowest BCUT2D eigenvalue weighted by atomic mass is 10.1. The highest BCUT2D eigenvalue weighted by molar-refractivity contribution is 5.44. The fourth-order valence-electron chi connectivity index (χ4n) is 1.61. The van der Waals surface area contributed by atoms with Gasteiger partial charge in [-0.1, -0.05) is 12.1 Å². The minimum atomic E-state index is -0.552. The van der Waals surface area contributed by atoms with Crippen LogP contribution in [0.25, 0.3) is 0 Å². The molecule has 0 amide bonds. The molecule has 1 atom stereocenters. The molecule has 21 heavy (non-hydrogen) atoms. The van der Waals surface area contributed by atoms with E-state index in [9.17, 15) is 13.2 Å². The third-order valence-corrected chi connectivity index (χ3v) is 2.67. The molecule has 2 aromatic rings. The van der Waals surface area contributed by atoms with Crippen LogP contribution in [-0.4, -0.2) is 6.54 Å². The summed E-state index contributed by atoms with van der Waals surface area (Å²) < 4.78 is 37.5. The summed E-state index contributed by atoms with van der Waals surface area (Å²) in [4.78, 5) is 0. The highest BCUT2D eigenvalue weighted by atomic mass is 19.1. The average Bonchev–Trinajstić information content (AvgIpc) is 2.43. The van der Waals surface area contributed by atoms with Crippen molar-refractivity contribution in [3.63, 3.8) is 0 Å². The Bertz CT molecular complexity index is 571. The molecule has 0 aliphatic heterocycles. The first-order chi connectivity index (χ1) is 9.93. The SMILES string of the molecule is CC(N)c1cccc(F)c1.CCNc1ccc(F)cc1F. The Kier molecular flexibility index (Phi) is 6.75. The highest BCUT2D eigenvalue weighted by Crippen LogP contribution is 2.14. The van der Waals surface area contributed by atoms with Gasteiger partial charge in [0, 0.05) is 18.7 Å². The van der Waals surface area contributed by atoms with Crippen molar-refractivity contribution in [2.45, 2.75) is 19.9 Å². The summed E-state index contributed by atoms with van der Waals surface area (Å²) in [6, 6.07) is 9.71.